The van der Waals surface area contributed by atoms with Gasteiger partial charge in [0, 0.05) is 6.42 Å². The van der Waals surface area contributed by atoms with Crippen LogP contribution >= 0.6 is 0 Å². The summed E-state index contributed by atoms with van der Waals surface area (Å²) in [6.45, 7) is 4.22. The van der Waals surface area contributed by atoms with Gasteiger partial charge in [0.1, 0.15) is 0 Å². The van der Waals surface area contributed by atoms with Crippen LogP contribution in [0.25, 0.3) is 0 Å². The van der Waals surface area contributed by atoms with Crippen LogP contribution in [-0.2, 0) is 0 Å². The number of allylic oxidation sites excluding steroid dienone is 2. The maximum atomic E-state index is 2.97. The third-order valence-electron chi connectivity index (χ3n) is 0.935. The van der Waals surface area contributed by atoms with E-state index in [0.29, 0.717) is 0 Å². The SMILES string of the molecule is CCC#CC=CCCC. The Morgan fingerprint density at radius 2 is 2.11 bits per heavy atom. The van der Waals surface area contributed by atoms with E-state index in [1.54, 1.807) is 0 Å². The molecule has 50 valence electrons. The molecule has 0 aromatic heterocycles. The van der Waals surface area contributed by atoms with Crippen LogP contribution in [0, 0.1) is 11.8 Å². The van der Waals surface area contributed by atoms with Crippen LogP contribution < -0.4 is 0 Å². The Labute approximate surface area is 58.0 Å². The van der Waals surface area contributed by atoms with Gasteiger partial charge in [0.25, 0.3) is 0 Å². The van der Waals surface area contributed by atoms with E-state index in [4.69, 9.17) is 0 Å². The number of rotatable bonds is 2. The van der Waals surface area contributed by atoms with Gasteiger partial charge in [-0.2, -0.15) is 0 Å². The highest BCUT2D eigenvalue weighted by Gasteiger charge is 1.67. The summed E-state index contributed by atoms with van der Waals surface area (Å²) in [5.74, 6) is 5.91. The molecule has 0 saturated heterocycles. The lowest BCUT2D eigenvalue weighted by molar-refractivity contribution is 0.959. The fourth-order valence-corrected chi connectivity index (χ4v) is 0.470. The Balaban J connectivity index is 3.23. The number of unbranched alkanes of at least 4 members (excludes halogenated alkanes) is 1. The Bertz CT molecular complexity index is 121. The minimum Gasteiger partial charge on any atom is -0.0988 e. The molecule has 0 amide bonds. The van der Waals surface area contributed by atoms with Crippen LogP contribution in [0.3, 0.4) is 0 Å². The summed E-state index contributed by atoms with van der Waals surface area (Å²) in [5, 5.41) is 0. The second-order valence-electron chi connectivity index (χ2n) is 1.87. The van der Waals surface area contributed by atoms with E-state index in [-0.39, 0.29) is 0 Å². The van der Waals surface area contributed by atoms with Crippen LogP contribution in [0.4, 0.5) is 0 Å². The largest absolute Gasteiger partial charge is 0.0988 e. The Morgan fingerprint density at radius 3 is 2.67 bits per heavy atom. The predicted octanol–water partition coefficient (Wildman–Crippen LogP) is 2.76. The molecule has 0 bridgehead atoms. The summed E-state index contributed by atoms with van der Waals surface area (Å²) in [6, 6.07) is 0. The van der Waals surface area contributed by atoms with Gasteiger partial charge in [0.2, 0.25) is 0 Å². The molecule has 0 spiro atoms. The lowest BCUT2D eigenvalue weighted by Gasteiger charge is -1.77. The van der Waals surface area contributed by atoms with Crippen molar-refractivity contribution >= 4 is 0 Å². The zero-order valence-corrected chi connectivity index (χ0v) is 6.28. The van der Waals surface area contributed by atoms with E-state index < -0.39 is 0 Å². The average molecular weight is 122 g/mol. The maximum absolute atomic E-state index is 2.97. The zero-order valence-electron chi connectivity index (χ0n) is 6.28. The van der Waals surface area contributed by atoms with Crippen molar-refractivity contribution in [2.24, 2.45) is 0 Å². The third kappa shape index (κ3) is 7.30. The van der Waals surface area contributed by atoms with Crippen molar-refractivity contribution in [2.45, 2.75) is 33.1 Å². The molecule has 9 heavy (non-hydrogen) atoms. The molecule has 0 aliphatic carbocycles. The lowest BCUT2D eigenvalue weighted by atomic mass is 10.3. The molecule has 0 aliphatic rings. The molecule has 0 unspecified atom stereocenters. The highest BCUT2D eigenvalue weighted by molar-refractivity contribution is 5.14. The Hall–Kier alpha value is -0.700. The van der Waals surface area contributed by atoms with Crippen molar-refractivity contribution in [1.82, 2.24) is 0 Å². The molecular weight excluding hydrogens is 108 g/mol. The summed E-state index contributed by atoms with van der Waals surface area (Å²) in [6.07, 6.45) is 7.37. The molecule has 0 atom stereocenters. The van der Waals surface area contributed by atoms with E-state index >= 15 is 0 Å². The van der Waals surface area contributed by atoms with Crippen molar-refractivity contribution < 1.29 is 0 Å². The van der Waals surface area contributed by atoms with Gasteiger partial charge in [0.15, 0.2) is 0 Å². The summed E-state index contributed by atoms with van der Waals surface area (Å²) in [7, 11) is 0. The predicted molar refractivity (Wildman–Crippen MR) is 42.1 cm³/mol. The van der Waals surface area contributed by atoms with Gasteiger partial charge in [-0.3, -0.25) is 0 Å². The fraction of sp³-hybridized carbons (Fsp3) is 0.556. The number of hydrogen-bond acceptors (Lipinski definition) is 0. The third-order valence-corrected chi connectivity index (χ3v) is 0.935. The first-order valence-electron chi connectivity index (χ1n) is 3.55. The molecular formula is C9H14. The first-order valence-corrected chi connectivity index (χ1v) is 3.55. The molecule has 0 heteroatoms. The minimum absolute atomic E-state index is 0.955. The molecule has 0 radical (unpaired) electrons. The second-order valence-corrected chi connectivity index (χ2v) is 1.87. The summed E-state index contributed by atoms with van der Waals surface area (Å²) in [4.78, 5) is 0. The van der Waals surface area contributed by atoms with Gasteiger partial charge < -0.3 is 0 Å². The second kappa shape index (κ2) is 7.30. The normalized spacial score (nSPS) is 9.11. The summed E-state index contributed by atoms with van der Waals surface area (Å²) >= 11 is 0. The molecule has 0 aromatic rings. The van der Waals surface area contributed by atoms with Crippen LogP contribution in [0.15, 0.2) is 12.2 Å². The minimum atomic E-state index is 0.955. The monoisotopic (exact) mass is 122 g/mol. The van der Waals surface area contributed by atoms with Gasteiger partial charge >= 0.3 is 0 Å². The molecule has 0 aromatic carbocycles. The van der Waals surface area contributed by atoms with Crippen molar-refractivity contribution in [2.75, 3.05) is 0 Å². The van der Waals surface area contributed by atoms with Crippen molar-refractivity contribution in [1.29, 1.82) is 0 Å². The van der Waals surface area contributed by atoms with E-state index in [1.165, 1.54) is 6.42 Å². The van der Waals surface area contributed by atoms with Gasteiger partial charge in [-0.15, -0.1) is 0 Å². The maximum Gasteiger partial charge on any atom is 0.00637 e. The average Bonchev–Trinajstić information content (AvgIpc) is 1.89. The Kier molecular flexibility index (Phi) is 6.73. The van der Waals surface area contributed by atoms with Gasteiger partial charge in [-0.05, 0) is 12.5 Å². The summed E-state index contributed by atoms with van der Waals surface area (Å²) < 4.78 is 0. The highest BCUT2D eigenvalue weighted by atomic mass is 13.7. The van der Waals surface area contributed by atoms with Crippen molar-refractivity contribution in [3.8, 4) is 11.8 Å². The van der Waals surface area contributed by atoms with E-state index in [1.807, 2.05) is 6.08 Å². The molecule has 0 rings (SSSR count). The van der Waals surface area contributed by atoms with Gasteiger partial charge in [0.05, 0.1) is 0 Å². The van der Waals surface area contributed by atoms with Gasteiger partial charge in [-0.25, -0.2) is 0 Å². The molecule has 0 nitrogen and oxygen atoms in total. The van der Waals surface area contributed by atoms with Crippen LogP contribution in [0.2, 0.25) is 0 Å². The Morgan fingerprint density at radius 1 is 1.33 bits per heavy atom. The van der Waals surface area contributed by atoms with Crippen molar-refractivity contribution in [3.05, 3.63) is 12.2 Å². The van der Waals surface area contributed by atoms with Crippen LogP contribution in [0.5, 0.6) is 0 Å². The molecule has 0 fully saturated rings. The van der Waals surface area contributed by atoms with Gasteiger partial charge in [-0.1, -0.05) is 38.2 Å². The first kappa shape index (κ1) is 8.30. The van der Waals surface area contributed by atoms with E-state index in [0.717, 1.165) is 12.8 Å². The topological polar surface area (TPSA) is 0 Å². The summed E-state index contributed by atoms with van der Waals surface area (Å²) in [5.41, 5.74) is 0. The quantitative estimate of drug-likeness (QED) is 0.494. The smallest absolute Gasteiger partial charge is 0.00637 e. The van der Waals surface area contributed by atoms with Crippen LogP contribution in [0.1, 0.15) is 33.1 Å². The standard InChI is InChI=1S/C9H14/c1-3-5-7-9-8-6-4-2/h7,9H,3-5H2,1-2H3. The molecule has 0 N–H and O–H groups in total. The zero-order chi connectivity index (χ0) is 6.95. The molecule has 0 heterocycles. The fourth-order valence-electron chi connectivity index (χ4n) is 0.470. The van der Waals surface area contributed by atoms with Crippen molar-refractivity contribution in [3.63, 3.8) is 0 Å². The van der Waals surface area contributed by atoms with E-state index in [2.05, 4.69) is 31.8 Å². The lowest BCUT2D eigenvalue weighted by Crippen LogP contribution is -1.59. The molecule has 0 saturated carbocycles. The highest BCUT2D eigenvalue weighted by Crippen LogP contribution is 1.86. The van der Waals surface area contributed by atoms with E-state index in [9.17, 15) is 0 Å². The number of hydrogen-bond donors (Lipinski definition) is 0. The first-order chi connectivity index (χ1) is 4.41. The van der Waals surface area contributed by atoms with Crippen LogP contribution in [-0.4, -0.2) is 0 Å². The molecule has 0 aliphatic heterocycles.